The Balaban J connectivity index is 2.85. The van der Waals surface area contributed by atoms with Crippen molar-refractivity contribution in [3.63, 3.8) is 0 Å². The molecule has 13 heavy (non-hydrogen) atoms. The molecule has 0 spiro atoms. The number of hydrogen-bond acceptors (Lipinski definition) is 2. The van der Waals surface area contributed by atoms with Crippen LogP contribution in [0.1, 0.15) is 16.5 Å². The fourth-order valence-corrected chi connectivity index (χ4v) is 2.61. The summed E-state index contributed by atoms with van der Waals surface area (Å²) in [7, 11) is 1.64. The Labute approximate surface area is 85.9 Å². The Morgan fingerprint density at radius 1 is 1.31 bits per heavy atom. The summed E-state index contributed by atoms with van der Waals surface area (Å²) < 4.78 is 16.6. The van der Waals surface area contributed by atoms with E-state index in [1.165, 1.54) is 0 Å². The number of rotatable bonds is 3. The zero-order valence-corrected chi connectivity index (χ0v) is 10.4. The van der Waals surface area contributed by atoms with E-state index >= 15 is 0 Å². The van der Waals surface area contributed by atoms with E-state index in [0.29, 0.717) is 0 Å². The second kappa shape index (κ2) is 4.74. The predicted octanol–water partition coefficient (Wildman–Crippen LogP) is 2.39. The van der Waals surface area contributed by atoms with Crippen LogP contribution in [0.25, 0.3) is 0 Å². The molecule has 0 amide bonds. The average molecular weight is 294 g/mol. The molecule has 0 N–H and O–H groups in total. The van der Waals surface area contributed by atoms with Crippen molar-refractivity contribution in [2.75, 3.05) is 7.11 Å². The summed E-state index contributed by atoms with van der Waals surface area (Å²) in [5, 5.41) is 0. The van der Waals surface area contributed by atoms with Crippen molar-refractivity contribution >= 4 is 19.5 Å². The summed E-state index contributed by atoms with van der Waals surface area (Å²) in [6.07, 6.45) is 0. The van der Waals surface area contributed by atoms with Gasteiger partial charge in [0.1, 0.15) is 0 Å². The third kappa shape index (κ3) is 2.79. The Kier molecular flexibility index (Phi) is 3.89. The third-order valence-electron chi connectivity index (χ3n) is 2.08. The van der Waals surface area contributed by atoms with Crippen LogP contribution in [0.5, 0.6) is 5.75 Å². The van der Waals surface area contributed by atoms with Gasteiger partial charge in [0, 0.05) is 0 Å². The molecule has 1 unspecified atom stereocenters. The molecular weight excluding hydrogens is 280 g/mol. The molecule has 1 rings (SSSR count). The van der Waals surface area contributed by atoms with Gasteiger partial charge in [0.2, 0.25) is 0 Å². The Morgan fingerprint density at radius 2 is 1.85 bits per heavy atom. The summed E-state index contributed by atoms with van der Waals surface area (Å²) in [5.41, 5.74) is 1.15. The molecule has 72 valence electrons. The second-order valence-electron chi connectivity index (χ2n) is 2.91. The van der Waals surface area contributed by atoms with Crippen LogP contribution in [0.3, 0.4) is 0 Å². The average Bonchev–Trinajstić information content (AvgIpc) is 2.17. The standard InChI is InChI=1S/C10H14O2Te/c1-8(13(3)11)9-4-6-10(12-2)7-5-9/h4-8H,1-3H3. The van der Waals surface area contributed by atoms with Crippen molar-refractivity contribution in [1.82, 2.24) is 0 Å². The van der Waals surface area contributed by atoms with Gasteiger partial charge in [-0.1, -0.05) is 0 Å². The molecule has 3 heteroatoms. The van der Waals surface area contributed by atoms with Crippen LogP contribution in [0.4, 0.5) is 0 Å². The van der Waals surface area contributed by atoms with Crippen LogP contribution in [-0.4, -0.2) is 26.6 Å². The van der Waals surface area contributed by atoms with Gasteiger partial charge in [0.25, 0.3) is 0 Å². The maximum atomic E-state index is 11.3. The molecular formula is C10H14O2Te. The van der Waals surface area contributed by atoms with Gasteiger partial charge in [-0.05, 0) is 0 Å². The Hall–Kier alpha value is -0.390. The van der Waals surface area contributed by atoms with Gasteiger partial charge in [-0.15, -0.1) is 0 Å². The minimum absolute atomic E-state index is 0.231. The molecule has 0 heterocycles. The minimum atomic E-state index is -2.09. The van der Waals surface area contributed by atoms with Gasteiger partial charge < -0.3 is 0 Å². The SMILES string of the molecule is COc1ccc(C(C)[Te](C)=O)cc1. The normalized spacial score (nSPS) is 12.9. The van der Waals surface area contributed by atoms with E-state index in [2.05, 4.69) is 0 Å². The molecule has 0 aliphatic rings. The maximum absolute atomic E-state index is 11.3. The van der Waals surface area contributed by atoms with Gasteiger partial charge in [-0.25, -0.2) is 0 Å². The first-order valence-corrected chi connectivity index (χ1v) is 8.74. The summed E-state index contributed by atoms with van der Waals surface area (Å²) >= 11 is -2.09. The molecule has 0 aliphatic heterocycles. The van der Waals surface area contributed by atoms with Gasteiger partial charge in [0.15, 0.2) is 0 Å². The summed E-state index contributed by atoms with van der Waals surface area (Å²) in [6, 6.07) is 7.79. The fourth-order valence-electron chi connectivity index (χ4n) is 1.07. The zero-order valence-electron chi connectivity index (χ0n) is 8.11. The second-order valence-corrected chi connectivity index (χ2v) is 7.78. The summed E-state index contributed by atoms with van der Waals surface area (Å²) in [4.78, 5) is 1.86. The number of ether oxygens (including phenoxy) is 1. The van der Waals surface area contributed by atoms with Crippen molar-refractivity contribution < 1.29 is 7.84 Å². The van der Waals surface area contributed by atoms with Crippen molar-refractivity contribution in [2.24, 2.45) is 0 Å². The molecule has 1 atom stereocenters. The quantitative estimate of drug-likeness (QED) is 0.800. The molecule has 0 saturated heterocycles. The van der Waals surface area contributed by atoms with Gasteiger partial charge in [-0.2, -0.15) is 0 Å². The molecule has 0 radical (unpaired) electrons. The molecule has 0 saturated carbocycles. The van der Waals surface area contributed by atoms with Crippen LogP contribution in [-0.2, 0) is 3.10 Å². The van der Waals surface area contributed by atoms with E-state index in [0.717, 1.165) is 11.3 Å². The number of methoxy groups -OCH3 is 1. The van der Waals surface area contributed by atoms with E-state index in [1.807, 2.05) is 36.2 Å². The molecule has 0 aliphatic carbocycles. The van der Waals surface area contributed by atoms with E-state index in [9.17, 15) is 3.10 Å². The summed E-state index contributed by atoms with van der Waals surface area (Å²) in [6.45, 7) is 2.02. The Morgan fingerprint density at radius 3 is 2.23 bits per heavy atom. The molecule has 0 fully saturated rings. The summed E-state index contributed by atoms with van der Waals surface area (Å²) in [5.74, 6) is 0.847. The first-order chi connectivity index (χ1) is 6.15. The van der Waals surface area contributed by atoms with E-state index in [-0.39, 0.29) is 3.97 Å². The monoisotopic (exact) mass is 296 g/mol. The van der Waals surface area contributed by atoms with Gasteiger partial charge in [-0.3, -0.25) is 0 Å². The predicted molar refractivity (Wildman–Crippen MR) is 53.7 cm³/mol. The molecule has 0 aromatic heterocycles. The third-order valence-corrected chi connectivity index (χ3v) is 5.70. The van der Waals surface area contributed by atoms with Crippen molar-refractivity contribution in [3.05, 3.63) is 29.8 Å². The molecule has 1 aromatic rings. The van der Waals surface area contributed by atoms with Crippen LogP contribution in [0.15, 0.2) is 24.3 Å². The van der Waals surface area contributed by atoms with E-state index in [1.54, 1.807) is 7.11 Å². The topological polar surface area (TPSA) is 26.3 Å². The Bertz CT molecular complexity index is 292. The van der Waals surface area contributed by atoms with Crippen LogP contribution in [0.2, 0.25) is 4.97 Å². The number of hydrogen-bond donors (Lipinski definition) is 0. The van der Waals surface area contributed by atoms with Crippen molar-refractivity contribution in [1.29, 1.82) is 0 Å². The van der Waals surface area contributed by atoms with Gasteiger partial charge in [0.05, 0.1) is 0 Å². The van der Waals surface area contributed by atoms with Crippen LogP contribution >= 0.6 is 0 Å². The zero-order chi connectivity index (χ0) is 9.84. The van der Waals surface area contributed by atoms with Crippen LogP contribution < -0.4 is 4.74 Å². The van der Waals surface area contributed by atoms with E-state index < -0.39 is 19.5 Å². The molecule has 2 nitrogen and oxygen atoms in total. The fraction of sp³-hybridized carbons (Fsp3) is 0.400. The van der Waals surface area contributed by atoms with Crippen molar-refractivity contribution in [2.45, 2.75) is 15.9 Å². The first kappa shape index (κ1) is 10.7. The van der Waals surface area contributed by atoms with Crippen molar-refractivity contribution in [3.8, 4) is 5.75 Å². The van der Waals surface area contributed by atoms with E-state index in [4.69, 9.17) is 4.74 Å². The first-order valence-electron chi connectivity index (χ1n) is 4.11. The van der Waals surface area contributed by atoms with Crippen LogP contribution in [0, 0.1) is 0 Å². The molecule has 1 aromatic carbocycles. The molecule has 0 bridgehead atoms. The number of benzene rings is 1. The van der Waals surface area contributed by atoms with Gasteiger partial charge >= 0.3 is 85.9 Å².